The van der Waals surface area contributed by atoms with Crippen molar-refractivity contribution in [1.29, 1.82) is 0 Å². The lowest BCUT2D eigenvalue weighted by Gasteiger charge is -2.33. The highest BCUT2D eigenvalue weighted by molar-refractivity contribution is 5.83. The summed E-state index contributed by atoms with van der Waals surface area (Å²) in [7, 11) is 0. The van der Waals surface area contributed by atoms with Crippen LogP contribution in [0.3, 0.4) is 0 Å². The van der Waals surface area contributed by atoms with Gasteiger partial charge in [0.2, 0.25) is 5.91 Å². The van der Waals surface area contributed by atoms with Crippen LogP contribution in [0.25, 0.3) is 11.1 Å². The Morgan fingerprint density at radius 3 is 2.34 bits per heavy atom. The third-order valence-electron chi connectivity index (χ3n) is 7.49. The molecule has 1 saturated carbocycles. The molecule has 0 bridgehead atoms. The van der Waals surface area contributed by atoms with Crippen LogP contribution in [-0.4, -0.2) is 56.0 Å². The summed E-state index contributed by atoms with van der Waals surface area (Å²) in [6, 6.07) is 16.3. The molecule has 0 radical (unpaired) electrons. The Bertz CT molecular complexity index is 1080. The molecule has 2 aromatic carbocycles. The zero-order chi connectivity index (χ0) is 24.4. The lowest BCUT2D eigenvalue weighted by Crippen LogP contribution is -2.48. The van der Waals surface area contributed by atoms with Gasteiger partial charge in [-0.15, -0.1) is 0 Å². The number of benzene rings is 2. The Kier molecular flexibility index (Phi) is 6.47. The number of nitrogens with one attached hydrogen (secondary N) is 2. The maximum absolute atomic E-state index is 12.5. The average molecular weight is 479 g/mol. The molecule has 184 valence electrons. The number of hydrogen-bond donors (Lipinski definition) is 3. The number of aliphatic carboxylic acids is 1. The van der Waals surface area contributed by atoms with Gasteiger partial charge in [0, 0.05) is 31.5 Å². The molecule has 2 amide bonds. The van der Waals surface area contributed by atoms with Crippen molar-refractivity contribution in [2.75, 3.05) is 32.9 Å². The van der Waals surface area contributed by atoms with E-state index < -0.39 is 17.5 Å². The molecule has 3 aliphatic rings. The van der Waals surface area contributed by atoms with E-state index in [2.05, 4.69) is 34.9 Å². The highest BCUT2D eigenvalue weighted by Gasteiger charge is 2.45. The number of rotatable bonds is 8. The van der Waals surface area contributed by atoms with Gasteiger partial charge in [-0.05, 0) is 47.4 Å². The van der Waals surface area contributed by atoms with Crippen LogP contribution in [0.15, 0.2) is 48.5 Å². The summed E-state index contributed by atoms with van der Waals surface area (Å²) in [5.41, 5.74) is 3.60. The summed E-state index contributed by atoms with van der Waals surface area (Å²) in [5, 5.41) is 15.2. The molecule has 3 unspecified atom stereocenters. The molecule has 8 heteroatoms. The predicted octanol–water partition coefficient (Wildman–Crippen LogP) is 3.16. The van der Waals surface area contributed by atoms with Gasteiger partial charge in [0.05, 0.1) is 6.61 Å². The first-order valence-electron chi connectivity index (χ1n) is 12.2. The number of amides is 2. The van der Waals surface area contributed by atoms with Gasteiger partial charge in [-0.1, -0.05) is 48.5 Å². The van der Waals surface area contributed by atoms with Crippen molar-refractivity contribution in [1.82, 2.24) is 10.6 Å². The predicted molar refractivity (Wildman–Crippen MR) is 128 cm³/mol. The van der Waals surface area contributed by atoms with Crippen LogP contribution < -0.4 is 10.6 Å². The maximum Gasteiger partial charge on any atom is 0.407 e. The van der Waals surface area contributed by atoms with E-state index in [4.69, 9.17) is 9.47 Å². The molecule has 0 aromatic heterocycles. The van der Waals surface area contributed by atoms with Crippen LogP contribution >= 0.6 is 0 Å². The molecule has 5 rings (SSSR count). The van der Waals surface area contributed by atoms with E-state index in [1.807, 2.05) is 24.3 Å². The number of carbonyl (C=O) groups is 3. The molecule has 3 N–H and O–H groups in total. The Morgan fingerprint density at radius 2 is 1.71 bits per heavy atom. The van der Waals surface area contributed by atoms with Gasteiger partial charge in [-0.25, -0.2) is 4.79 Å². The highest BCUT2D eigenvalue weighted by Crippen LogP contribution is 2.44. The molecule has 0 spiro atoms. The zero-order valence-electron chi connectivity index (χ0n) is 19.5. The van der Waals surface area contributed by atoms with Crippen LogP contribution in [0.4, 0.5) is 4.79 Å². The molecular formula is C27H30N2O6. The number of alkyl carbamates (subject to hydrolysis) is 1. The van der Waals surface area contributed by atoms with Gasteiger partial charge in [0.1, 0.15) is 12.0 Å². The second-order valence-electron chi connectivity index (χ2n) is 9.77. The molecule has 2 aliphatic carbocycles. The Labute approximate surface area is 204 Å². The normalized spacial score (nSPS) is 24.7. The SMILES string of the molecule is O=C(NCC1CC1C(=O)NCC1(C(=O)O)CCCOC1)OCC1c2ccccc2-c2ccccc21. The standard InChI is InChI=1S/C27H30N2O6/c30-24(29-15-27(25(31)32)10-5-11-34-16-27)22-12-17(22)13-28-26(33)35-14-23-20-8-3-1-6-18(20)19-7-2-4-9-21(19)23/h1-4,6-9,17,22-23H,5,10-16H2,(H,28,33)(H,29,30)(H,31,32). The first kappa shape index (κ1) is 23.4. The second kappa shape index (κ2) is 9.70. The first-order chi connectivity index (χ1) is 17.0. The fraction of sp³-hybridized carbons (Fsp3) is 0.444. The number of carboxylic acids is 1. The van der Waals surface area contributed by atoms with Gasteiger partial charge in [-0.3, -0.25) is 9.59 Å². The minimum Gasteiger partial charge on any atom is -0.481 e. The number of carbonyl (C=O) groups excluding carboxylic acids is 2. The van der Waals surface area contributed by atoms with Crippen molar-refractivity contribution in [3.63, 3.8) is 0 Å². The van der Waals surface area contributed by atoms with Crippen molar-refractivity contribution in [3.8, 4) is 11.1 Å². The van der Waals surface area contributed by atoms with E-state index in [0.29, 0.717) is 32.4 Å². The molecule has 3 atom stereocenters. The Balaban J connectivity index is 1.07. The van der Waals surface area contributed by atoms with Crippen LogP contribution in [0.5, 0.6) is 0 Å². The average Bonchev–Trinajstić information content (AvgIpc) is 3.60. The van der Waals surface area contributed by atoms with Gasteiger partial charge in [-0.2, -0.15) is 0 Å². The van der Waals surface area contributed by atoms with Crippen LogP contribution in [0, 0.1) is 17.3 Å². The van der Waals surface area contributed by atoms with Crippen LogP contribution in [0.2, 0.25) is 0 Å². The van der Waals surface area contributed by atoms with Gasteiger partial charge >= 0.3 is 12.1 Å². The van der Waals surface area contributed by atoms with Crippen molar-refractivity contribution in [2.45, 2.75) is 25.2 Å². The number of carboxylic acid groups (broad SMARTS) is 1. The summed E-state index contributed by atoms with van der Waals surface area (Å²) >= 11 is 0. The third-order valence-corrected chi connectivity index (χ3v) is 7.49. The molecular weight excluding hydrogens is 448 g/mol. The molecule has 1 aliphatic heterocycles. The Morgan fingerprint density at radius 1 is 1.03 bits per heavy atom. The van der Waals surface area contributed by atoms with E-state index in [0.717, 1.165) is 11.1 Å². The number of fused-ring (bicyclic) bond motifs is 3. The van der Waals surface area contributed by atoms with Crippen molar-refractivity contribution >= 4 is 18.0 Å². The molecule has 1 heterocycles. The maximum atomic E-state index is 12.5. The summed E-state index contributed by atoms with van der Waals surface area (Å²) in [6.45, 7) is 1.31. The molecule has 1 saturated heterocycles. The van der Waals surface area contributed by atoms with E-state index >= 15 is 0 Å². The fourth-order valence-corrected chi connectivity index (χ4v) is 5.28. The smallest absolute Gasteiger partial charge is 0.407 e. The topological polar surface area (TPSA) is 114 Å². The van der Waals surface area contributed by atoms with Crippen LogP contribution in [-0.2, 0) is 19.1 Å². The van der Waals surface area contributed by atoms with E-state index in [-0.39, 0.29) is 43.4 Å². The van der Waals surface area contributed by atoms with Gasteiger partial charge in [0.15, 0.2) is 0 Å². The summed E-state index contributed by atoms with van der Waals surface area (Å²) < 4.78 is 10.9. The summed E-state index contributed by atoms with van der Waals surface area (Å²) in [4.78, 5) is 36.6. The zero-order valence-corrected chi connectivity index (χ0v) is 19.5. The number of hydrogen-bond acceptors (Lipinski definition) is 5. The molecule has 2 aromatic rings. The minimum atomic E-state index is -1.06. The van der Waals surface area contributed by atoms with Crippen molar-refractivity contribution in [2.24, 2.45) is 17.3 Å². The Hall–Kier alpha value is -3.39. The summed E-state index contributed by atoms with van der Waals surface area (Å²) in [5.74, 6) is -1.31. The first-order valence-corrected chi connectivity index (χ1v) is 12.2. The van der Waals surface area contributed by atoms with E-state index in [1.54, 1.807) is 0 Å². The van der Waals surface area contributed by atoms with E-state index in [1.165, 1.54) is 11.1 Å². The third kappa shape index (κ3) is 4.75. The quantitative estimate of drug-likeness (QED) is 0.537. The number of ether oxygens (including phenoxy) is 2. The van der Waals surface area contributed by atoms with Crippen molar-refractivity contribution in [3.05, 3.63) is 59.7 Å². The summed E-state index contributed by atoms with van der Waals surface area (Å²) in [6.07, 6.45) is 1.31. The molecule has 35 heavy (non-hydrogen) atoms. The molecule has 2 fully saturated rings. The lowest BCUT2D eigenvalue weighted by molar-refractivity contribution is -0.157. The second-order valence-corrected chi connectivity index (χ2v) is 9.77. The lowest BCUT2D eigenvalue weighted by atomic mass is 9.82. The van der Waals surface area contributed by atoms with Gasteiger partial charge < -0.3 is 25.2 Å². The largest absolute Gasteiger partial charge is 0.481 e. The fourth-order valence-electron chi connectivity index (χ4n) is 5.28. The van der Waals surface area contributed by atoms with Crippen LogP contribution in [0.1, 0.15) is 36.3 Å². The van der Waals surface area contributed by atoms with E-state index in [9.17, 15) is 19.5 Å². The van der Waals surface area contributed by atoms with Crippen molar-refractivity contribution < 1.29 is 29.0 Å². The highest BCUT2D eigenvalue weighted by atomic mass is 16.5. The molecule has 8 nitrogen and oxygen atoms in total. The van der Waals surface area contributed by atoms with Gasteiger partial charge in [0.25, 0.3) is 0 Å². The minimum absolute atomic E-state index is 0.00192. The monoisotopic (exact) mass is 478 g/mol.